The predicted molar refractivity (Wildman–Crippen MR) is 124 cm³/mol. The van der Waals surface area contributed by atoms with Crippen LogP contribution in [0.25, 0.3) is 11.3 Å². The first-order valence-corrected chi connectivity index (χ1v) is 10.4. The van der Waals surface area contributed by atoms with E-state index in [-0.39, 0.29) is 12.4 Å². The van der Waals surface area contributed by atoms with Crippen molar-refractivity contribution in [3.05, 3.63) is 53.3 Å². The minimum atomic E-state index is 0.258. The van der Waals surface area contributed by atoms with E-state index in [1.165, 1.54) is 16.8 Å². The smallest absolute Gasteiger partial charge is 0.258 e. The van der Waals surface area contributed by atoms with Gasteiger partial charge in [-0.3, -0.25) is 0 Å². The van der Waals surface area contributed by atoms with Crippen LogP contribution in [0.2, 0.25) is 0 Å². The van der Waals surface area contributed by atoms with Crippen LogP contribution in [0.4, 0.5) is 17.3 Å². The van der Waals surface area contributed by atoms with Gasteiger partial charge in [0.25, 0.3) is 5.88 Å². The van der Waals surface area contributed by atoms with Crippen LogP contribution in [-0.2, 0) is 6.61 Å². The summed E-state index contributed by atoms with van der Waals surface area (Å²) in [7, 11) is 2.17. The summed E-state index contributed by atoms with van der Waals surface area (Å²) in [6.45, 7) is 8.82. The van der Waals surface area contributed by atoms with Gasteiger partial charge in [-0.25, -0.2) is 15.0 Å². The zero-order chi connectivity index (χ0) is 22.0. The van der Waals surface area contributed by atoms with E-state index in [4.69, 9.17) is 16.2 Å². The number of ether oxygens (including phenoxy) is 1. The number of pyridine rings is 1. The predicted octanol–water partition coefficient (Wildman–Crippen LogP) is 2.65. The Balaban J connectivity index is 1.57. The Labute approximate surface area is 182 Å². The first-order chi connectivity index (χ1) is 14.9. The maximum atomic E-state index is 6.01. The van der Waals surface area contributed by atoms with Crippen molar-refractivity contribution >= 4 is 17.3 Å². The third kappa shape index (κ3) is 4.69. The van der Waals surface area contributed by atoms with E-state index in [1.54, 1.807) is 18.5 Å². The summed E-state index contributed by atoms with van der Waals surface area (Å²) in [5, 5.41) is 0. The molecule has 0 aliphatic carbocycles. The number of hydrogen-bond donors (Lipinski definition) is 2. The van der Waals surface area contributed by atoms with E-state index in [2.05, 4.69) is 57.8 Å². The van der Waals surface area contributed by atoms with Gasteiger partial charge >= 0.3 is 0 Å². The highest BCUT2D eigenvalue weighted by Gasteiger charge is 2.19. The van der Waals surface area contributed by atoms with Crippen LogP contribution < -0.4 is 21.1 Å². The van der Waals surface area contributed by atoms with E-state index >= 15 is 0 Å². The molecule has 2 aromatic heterocycles. The molecule has 4 rings (SSSR count). The molecule has 1 aromatic carbocycles. The van der Waals surface area contributed by atoms with E-state index in [0.29, 0.717) is 11.7 Å². The lowest BCUT2D eigenvalue weighted by Crippen LogP contribution is -2.45. The second kappa shape index (κ2) is 8.77. The summed E-state index contributed by atoms with van der Waals surface area (Å²) >= 11 is 0. The first kappa shape index (κ1) is 20.9. The van der Waals surface area contributed by atoms with Crippen molar-refractivity contribution in [3.8, 4) is 17.1 Å². The number of aryl methyl sites for hydroxylation is 2. The Hall–Kier alpha value is -3.39. The Kier molecular flexibility index (Phi) is 5.90. The zero-order valence-corrected chi connectivity index (χ0v) is 18.3. The van der Waals surface area contributed by atoms with Gasteiger partial charge in [0.1, 0.15) is 12.4 Å². The number of rotatable bonds is 5. The van der Waals surface area contributed by atoms with Gasteiger partial charge in [-0.15, -0.1) is 0 Å². The van der Waals surface area contributed by atoms with Gasteiger partial charge in [0.2, 0.25) is 0 Å². The third-order valence-electron chi connectivity index (χ3n) is 5.59. The molecule has 0 saturated carbocycles. The van der Waals surface area contributed by atoms with E-state index in [1.807, 2.05) is 6.07 Å². The maximum absolute atomic E-state index is 6.01. The number of piperazine rings is 1. The van der Waals surface area contributed by atoms with Crippen LogP contribution in [0.5, 0.6) is 5.88 Å². The lowest BCUT2D eigenvalue weighted by atomic mass is 10.0. The Morgan fingerprint density at radius 2 is 1.71 bits per heavy atom. The van der Waals surface area contributed by atoms with Gasteiger partial charge in [-0.2, -0.15) is 0 Å². The van der Waals surface area contributed by atoms with Crippen molar-refractivity contribution in [2.24, 2.45) is 0 Å². The topological polar surface area (TPSA) is 106 Å². The number of nitrogens with two attached hydrogens (primary N) is 2. The monoisotopic (exact) mass is 419 g/mol. The highest BCUT2D eigenvalue weighted by atomic mass is 16.5. The van der Waals surface area contributed by atoms with Crippen LogP contribution in [-0.4, -0.2) is 53.1 Å². The molecule has 8 heteroatoms. The molecule has 3 aromatic rings. The molecule has 0 spiro atoms. The molecular weight excluding hydrogens is 390 g/mol. The SMILES string of the molecule is Cc1cc(-c2cnc(N)c(OCc3ccnc(N)c3)n2)cc(C)c1N1CCN(C)CC1. The van der Waals surface area contributed by atoms with Gasteiger partial charge in [0, 0.05) is 43.6 Å². The normalized spacial score (nSPS) is 14.6. The van der Waals surface area contributed by atoms with Gasteiger partial charge in [-0.1, -0.05) is 0 Å². The number of anilines is 3. The van der Waals surface area contributed by atoms with E-state index in [9.17, 15) is 0 Å². The molecule has 1 fully saturated rings. The Bertz CT molecular complexity index is 1050. The third-order valence-corrected chi connectivity index (χ3v) is 5.59. The summed E-state index contributed by atoms with van der Waals surface area (Å²) in [4.78, 5) is 17.8. The quantitative estimate of drug-likeness (QED) is 0.650. The van der Waals surface area contributed by atoms with E-state index < -0.39 is 0 Å². The van der Waals surface area contributed by atoms with Gasteiger partial charge in [0.15, 0.2) is 5.82 Å². The summed E-state index contributed by atoms with van der Waals surface area (Å²) in [5.74, 6) is 1.01. The molecule has 1 aliphatic rings. The maximum Gasteiger partial charge on any atom is 0.258 e. The highest BCUT2D eigenvalue weighted by molar-refractivity contribution is 5.70. The fourth-order valence-corrected chi connectivity index (χ4v) is 4.00. The average Bonchev–Trinajstić information content (AvgIpc) is 2.74. The van der Waals surface area contributed by atoms with Crippen LogP contribution >= 0.6 is 0 Å². The standard InChI is InChI=1S/C23H29N7O/c1-15-10-18(11-16(2)21(15)30-8-6-29(3)7-9-30)19-13-27-22(25)23(28-19)31-14-17-4-5-26-20(24)12-17/h4-5,10-13H,6-9,14H2,1-3H3,(H2,24,26)(H2,25,27). The summed E-state index contributed by atoms with van der Waals surface area (Å²) in [5.41, 5.74) is 18.1. The average molecular weight is 420 g/mol. The van der Waals surface area contributed by atoms with Crippen molar-refractivity contribution in [3.63, 3.8) is 0 Å². The number of nitrogens with zero attached hydrogens (tertiary/aromatic N) is 5. The van der Waals surface area contributed by atoms with Gasteiger partial charge < -0.3 is 26.0 Å². The van der Waals surface area contributed by atoms with E-state index in [0.717, 1.165) is 43.0 Å². The molecule has 162 valence electrons. The number of benzene rings is 1. The summed E-state index contributed by atoms with van der Waals surface area (Å²) in [6, 6.07) is 7.92. The molecule has 8 nitrogen and oxygen atoms in total. The molecule has 1 saturated heterocycles. The fraction of sp³-hybridized carbons (Fsp3) is 0.348. The van der Waals surface area contributed by atoms with Crippen molar-refractivity contribution in [2.45, 2.75) is 20.5 Å². The molecule has 0 radical (unpaired) electrons. The molecule has 0 unspecified atom stereocenters. The number of hydrogen-bond acceptors (Lipinski definition) is 8. The Morgan fingerprint density at radius 1 is 1.00 bits per heavy atom. The summed E-state index contributed by atoms with van der Waals surface area (Å²) < 4.78 is 5.83. The summed E-state index contributed by atoms with van der Waals surface area (Å²) in [6.07, 6.45) is 3.34. The van der Waals surface area contributed by atoms with Crippen molar-refractivity contribution in [1.82, 2.24) is 19.9 Å². The lowest BCUT2D eigenvalue weighted by Gasteiger charge is -2.36. The highest BCUT2D eigenvalue weighted by Crippen LogP contribution is 2.32. The second-order valence-corrected chi connectivity index (χ2v) is 8.07. The number of aromatic nitrogens is 3. The molecule has 0 atom stereocenters. The lowest BCUT2D eigenvalue weighted by molar-refractivity contribution is 0.295. The molecule has 0 amide bonds. The minimum absolute atomic E-state index is 0.258. The largest absolute Gasteiger partial charge is 0.470 e. The number of nitrogen functional groups attached to an aromatic ring is 2. The molecule has 1 aliphatic heterocycles. The van der Waals surface area contributed by atoms with Gasteiger partial charge in [0.05, 0.1) is 11.9 Å². The van der Waals surface area contributed by atoms with Crippen molar-refractivity contribution < 1.29 is 4.74 Å². The van der Waals surface area contributed by atoms with Crippen molar-refractivity contribution in [1.29, 1.82) is 0 Å². The van der Waals surface area contributed by atoms with Crippen LogP contribution in [0.3, 0.4) is 0 Å². The van der Waals surface area contributed by atoms with Crippen LogP contribution in [0.15, 0.2) is 36.7 Å². The minimum Gasteiger partial charge on any atom is -0.470 e. The van der Waals surface area contributed by atoms with Crippen LogP contribution in [0, 0.1) is 13.8 Å². The number of likely N-dealkylation sites (N-methyl/N-ethyl adjacent to an activating group) is 1. The van der Waals surface area contributed by atoms with Gasteiger partial charge in [-0.05, 0) is 61.9 Å². The molecular formula is C23H29N7O. The van der Waals surface area contributed by atoms with Crippen molar-refractivity contribution in [2.75, 3.05) is 49.6 Å². The molecule has 0 bridgehead atoms. The molecule has 4 N–H and O–H groups in total. The zero-order valence-electron chi connectivity index (χ0n) is 18.3. The Morgan fingerprint density at radius 3 is 2.39 bits per heavy atom. The second-order valence-electron chi connectivity index (χ2n) is 8.07. The molecule has 31 heavy (non-hydrogen) atoms. The van der Waals surface area contributed by atoms with Crippen LogP contribution in [0.1, 0.15) is 16.7 Å². The first-order valence-electron chi connectivity index (χ1n) is 10.4. The fourth-order valence-electron chi connectivity index (χ4n) is 4.00. The molecule has 3 heterocycles.